The smallest absolute Gasteiger partial charge is 0.219 e. The number of amides is 1. The number of carbonyl (C=O) groups excluding carboxylic acids is 2. The highest BCUT2D eigenvalue weighted by Crippen LogP contribution is 2.37. The molecule has 0 saturated carbocycles. The lowest BCUT2D eigenvalue weighted by atomic mass is 9.85. The van der Waals surface area contributed by atoms with Crippen molar-refractivity contribution in [2.75, 3.05) is 18.8 Å². The molecule has 1 saturated heterocycles. The molecule has 43 heavy (non-hydrogen) atoms. The zero-order valence-corrected chi connectivity index (χ0v) is 24.3. The number of ether oxygens (including phenoxy) is 1. The van der Waals surface area contributed by atoms with Gasteiger partial charge in [-0.1, -0.05) is 24.3 Å². The molecule has 1 aromatic heterocycles. The number of hydrogen-bond acceptors (Lipinski definition) is 5. The van der Waals surface area contributed by atoms with Crippen LogP contribution in [0.5, 0.6) is 11.5 Å². The number of rotatable bonds is 6. The van der Waals surface area contributed by atoms with Crippen molar-refractivity contribution in [3.8, 4) is 17.2 Å². The van der Waals surface area contributed by atoms with E-state index < -0.39 is 11.6 Å². The van der Waals surface area contributed by atoms with Crippen molar-refractivity contribution in [2.45, 2.75) is 46.0 Å². The number of fused-ring (bicyclic) bond motifs is 1. The minimum absolute atomic E-state index is 0.0212. The van der Waals surface area contributed by atoms with Gasteiger partial charge in [-0.25, -0.2) is 13.5 Å². The number of likely N-dealkylation sites (tertiary alicyclic amines) is 1. The number of Topliss-reactive ketones (excluding diaryl/α,β-unsaturated/α-hetero) is 1. The molecule has 1 amide bonds. The van der Waals surface area contributed by atoms with Crippen LogP contribution in [0.4, 0.5) is 14.6 Å². The van der Waals surface area contributed by atoms with E-state index in [1.165, 1.54) is 40.2 Å². The molecule has 2 N–H and O–H groups in total. The second-order valence-electron chi connectivity index (χ2n) is 11.3. The van der Waals surface area contributed by atoms with Crippen LogP contribution in [0.2, 0.25) is 0 Å². The molecule has 6 rings (SSSR count). The van der Waals surface area contributed by atoms with E-state index in [0.29, 0.717) is 23.5 Å². The Morgan fingerprint density at radius 2 is 1.74 bits per heavy atom. The lowest BCUT2D eigenvalue weighted by Gasteiger charge is -2.32. The molecule has 3 aromatic carbocycles. The molecule has 0 spiro atoms. The van der Waals surface area contributed by atoms with Crippen LogP contribution in [-0.2, 0) is 11.2 Å². The van der Waals surface area contributed by atoms with Gasteiger partial charge in [-0.3, -0.25) is 9.59 Å². The first-order valence-electron chi connectivity index (χ1n) is 14.3. The molecular formula is C34H32F2N4O3. The van der Waals surface area contributed by atoms with Gasteiger partial charge in [-0.05, 0) is 84.7 Å². The summed E-state index contributed by atoms with van der Waals surface area (Å²) in [5.41, 5.74) is 12.2. The molecule has 0 atom stereocenters. The Bertz CT molecular complexity index is 1780. The number of aromatic nitrogens is 2. The Kier molecular flexibility index (Phi) is 7.33. The van der Waals surface area contributed by atoms with Crippen molar-refractivity contribution in [3.05, 3.63) is 105 Å². The number of para-hydroxylation sites is 1. The molecule has 2 aliphatic rings. The van der Waals surface area contributed by atoms with Gasteiger partial charge < -0.3 is 15.4 Å². The highest BCUT2D eigenvalue weighted by atomic mass is 19.1. The first-order valence-corrected chi connectivity index (χ1v) is 14.3. The second-order valence-corrected chi connectivity index (χ2v) is 11.3. The predicted molar refractivity (Wildman–Crippen MR) is 161 cm³/mol. The average Bonchev–Trinajstić information content (AvgIpc) is 3.56. The molecule has 220 valence electrons. The largest absolute Gasteiger partial charge is 0.454 e. The molecule has 1 fully saturated rings. The van der Waals surface area contributed by atoms with E-state index in [2.05, 4.69) is 24.2 Å². The Morgan fingerprint density at radius 3 is 2.44 bits per heavy atom. The van der Waals surface area contributed by atoms with Gasteiger partial charge in [0.1, 0.15) is 17.3 Å². The molecule has 1 aliphatic heterocycles. The van der Waals surface area contributed by atoms with E-state index in [9.17, 15) is 14.0 Å². The molecule has 0 unspecified atom stereocenters. The van der Waals surface area contributed by atoms with Crippen molar-refractivity contribution in [2.24, 2.45) is 0 Å². The van der Waals surface area contributed by atoms with Crippen LogP contribution in [0.25, 0.3) is 11.8 Å². The lowest BCUT2D eigenvalue weighted by molar-refractivity contribution is -0.129. The van der Waals surface area contributed by atoms with Gasteiger partial charge in [0.2, 0.25) is 5.91 Å². The maximum Gasteiger partial charge on any atom is 0.219 e. The van der Waals surface area contributed by atoms with Crippen molar-refractivity contribution in [1.82, 2.24) is 14.7 Å². The number of carbonyl (C=O) groups is 2. The predicted octanol–water partition coefficient (Wildman–Crippen LogP) is 6.69. The summed E-state index contributed by atoms with van der Waals surface area (Å²) in [6.07, 6.45) is 5.56. The van der Waals surface area contributed by atoms with E-state index in [1.54, 1.807) is 26.0 Å². The van der Waals surface area contributed by atoms with Crippen LogP contribution >= 0.6 is 0 Å². The highest BCUT2D eigenvalue weighted by Gasteiger charge is 2.28. The fourth-order valence-corrected chi connectivity index (χ4v) is 6.19. The first kappa shape index (κ1) is 28.3. The molecule has 4 aromatic rings. The van der Waals surface area contributed by atoms with Gasteiger partial charge in [0.25, 0.3) is 0 Å². The number of aryl methyl sites for hydroxylation is 2. The summed E-state index contributed by atoms with van der Waals surface area (Å²) in [4.78, 5) is 27.3. The minimum atomic E-state index is -0.676. The minimum Gasteiger partial charge on any atom is -0.454 e. The van der Waals surface area contributed by atoms with Crippen molar-refractivity contribution < 1.29 is 23.1 Å². The summed E-state index contributed by atoms with van der Waals surface area (Å²) in [5, 5.41) is 4.26. The van der Waals surface area contributed by atoms with Gasteiger partial charge in [0.15, 0.2) is 23.2 Å². The molecule has 1 aliphatic carbocycles. The standard InChI is InChI=1S/C34H32F2N4O3/c1-19-12-23-14-25(15-24(23)16-27(19)22-8-10-39(11-9-22)21(3)41)33(42)28-18-38-40(34(28)37)32-20(2)13-26(17-30(32)36)43-31-7-5-4-6-29(31)35/h4-7,12-14,16-18,22H,8-11,15,37H2,1-3H3. The van der Waals surface area contributed by atoms with Gasteiger partial charge in [-0.15, -0.1) is 0 Å². The topological polar surface area (TPSA) is 90.5 Å². The summed E-state index contributed by atoms with van der Waals surface area (Å²) in [6, 6.07) is 12.9. The number of hydrogen-bond donors (Lipinski definition) is 1. The van der Waals surface area contributed by atoms with Gasteiger partial charge >= 0.3 is 0 Å². The lowest BCUT2D eigenvalue weighted by Crippen LogP contribution is -2.36. The summed E-state index contributed by atoms with van der Waals surface area (Å²) in [7, 11) is 0. The second kappa shape index (κ2) is 11.1. The third-order valence-corrected chi connectivity index (χ3v) is 8.47. The monoisotopic (exact) mass is 582 g/mol. The Hall–Kier alpha value is -4.79. The summed E-state index contributed by atoms with van der Waals surface area (Å²) in [6.45, 7) is 6.87. The Morgan fingerprint density at radius 1 is 1.00 bits per heavy atom. The van der Waals surface area contributed by atoms with Crippen LogP contribution < -0.4 is 10.5 Å². The van der Waals surface area contributed by atoms with Crippen molar-refractivity contribution in [1.29, 1.82) is 0 Å². The highest BCUT2D eigenvalue weighted by molar-refractivity contribution is 6.15. The maximum absolute atomic E-state index is 15.4. The molecule has 0 radical (unpaired) electrons. The fraction of sp³-hybridized carbons (Fsp3) is 0.265. The summed E-state index contributed by atoms with van der Waals surface area (Å²) in [5.74, 6) is -0.879. The maximum atomic E-state index is 15.4. The van der Waals surface area contributed by atoms with Gasteiger partial charge in [-0.2, -0.15) is 5.10 Å². The normalized spacial score (nSPS) is 14.9. The van der Waals surface area contributed by atoms with Gasteiger partial charge in [0.05, 0.1) is 11.8 Å². The SMILES string of the molecule is CC(=O)N1CCC(c2cc3c(cc2C)C=C(C(=O)c2cnn(-c4c(C)cc(Oc5ccccc5F)cc4F)c2N)C3)CC1. The van der Waals surface area contributed by atoms with E-state index in [0.717, 1.165) is 43.1 Å². The number of piperidine rings is 1. The van der Waals surface area contributed by atoms with Crippen molar-refractivity contribution in [3.63, 3.8) is 0 Å². The molecule has 9 heteroatoms. The van der Waals surface area contributed by atoms with Crippen LogP contribution in [0.1, 0.15) is 63.9 Å². The molecule has 0 bridgehead atoms. The molecule has 7 nitrogen and oxygen atoms in total. The Balaban J connectivity index is 1.21. The summed E-state index contributed by atoms with van der Waals surface area (Å²) >= 11 is 0. The third-order valence-electron chi connectivity index (χ3n) is 8.47. The van der Waals surface area contributed by atoms with E-state index in [-0.39, 0.29) is 40.3 Å². The average molecular weight is 583 g/mol. The third kappa shape index (κ3) is 5.31. The number of allylic oxidation sites excluding steroid dienone is 1. The molecule has 2 heterocycles. The Labute approximate surface area is 248 Å². The number of nitrogen functional groups attached to an aromatic ring is 1. The fourth-order valence-electron chi connectivity index (χ4n) is 6.19. The van der Waals surface area contributed by atoms with E-state index in [4.69, 9.17) is 10.5 Å². The van der Waals surface area contributed by atoms with Gasteiger partial charge in [0, 0.05) is 38.1 Å². The number of nitrogens with zero attached hydrogens (tertiary/aromatic N) is 3. The van der Waals surface area contributed by atoms with Crippen molar-refractivity contribution >= 4 is 23.6 Å². The van der Waals surface area contributed by atoms with E-state index >= 15 is 4.39 Å². The van der Waals surface area contributed by atoms with Crippen LogP contribution in [0.15, 0.2) is 60.3 Å². The zero-order valence-electron chi connectivity index (χ0n) is 24.3. The number of halogens is 2. The van der Waals surface area contributed by atoms with Crippen LogP contribution in [0, 0.1) is 25.5 Å². The number of anilines is 1. The van der Waals surface area contributed by atoms with E-state index in [1.807, 2.05) is 11.0 Å². The van der Waals surface area contributed by atoms with Crippen LogP contribution in [-0.4, -0.2) is 39.5 Å². The number of ketones is 1. The summed E-state index contributed by atoms with van der Waals surface area (Å²) < 4.78 is 36.1. The quantitative estimate of drug-likeness (QED) is 0.256. The van der Waals surface area contributed by atoms with Crippen LogP contribution in [0.3, 0.4) is 0 Å². The number of benzene rings is 3. The molecular weight excluding hydrogens is 550 g/mol. The number of nitrogens with two attached hydrogens (primary N) is 1. The zero-order chi connectivity index (χ0) is 30.4. The first-order chi connectivity index (χ1) is 20.6.